The Morgan fingerprint density at radius 1 is 0.957 bits per heavy atom. The second-order valence-corrected chi connectivity index (χ2v) is 7.90. The molecule has 0 aromatic rings. The van der Waals surface area contributed by atoms with E-state index < -0.39 is 5.97 Å². The average molecular weight is 326 g/mol. The normalized spacial score (nSPS) is 23.0. The lowest BCUT2D eigenvalue weighted by Gasteiger charge is -2.27. The van der Waals surface area contributed by atoms with Gasteiger partial charge in [0.05, 0.1) is 11.8 Å². The minimum absolute atomic E-state index is 0.0125. The van der Waals surface area contributed by atoms with Gasteiger partial charge in [0.15, 0.2) is 0 Å². The number of hydrogen-bond donors (Lipinski definition) is 1. The molecule has 1 N–H and O–H groups in total. The molecule has 0 aliphatic heterocycles. The molecule has 1 fully saturated rings. The van der Waals surface area contributed by atoms with Gasteiger partial charge in [-0.15, -0.1) is 0 Å². The topological polar surface area (TPSA) is 63.6 Å². The van der Waals surface area contributed by atoms with Gasteiger partial charge < -0.3 is 9.84 Å². The van der Waals surface area contributed by atoms with Crippen LogP contribution in [0.15, 0.2) is 0 Å². The summed E-state index contributed by atoms with van der Waals surface area (Å²) in [5.74, 6) is -0.0413. The van der Waals surface area contributed by atoms with Crippen LogP contribution in [0.1, 0.15) is 79.1 Å². The van der Waals surface area contributed by atoms with Crippen LogP contribution in [-0.2, 0) is 14.3 Å². The lowest BCUT2D eigenvalue weighted by atomic mass is 9.82. The van der Waals surface area contributed by atoms with Crippen molar-refractivity contribution in [2.45, 2.75) is 85.2 Å². The van der Waals surface area contributed by atoms with E-state index in [0.29, 0.717) is 37.5 Å². The summed E-state index contributed by atoms with van der Waals surface area (Å²) < 4.78 is 5.79. The highest BCUT2D eigenvalue weighted by Gasteiger charge is 2.31. The molecule has 1 unspecified atom stereocenters. The molecule has 0 aromatic heterocycles. The molecule has 0 spiro atoms. The molecule has 0 radical (unpaired) electrons. The van der Waals surface area contributed by atoms with Crippen molar-refractivity contribution in [3.8, 4) is 0 Å². The fourth-order valence-electron chi connectivity index (χ4n) is 3.34. The highest BCUT2D eigenvalue weighted by molar-refractivity contribution is 5.74. The highest BCUT2D eigenvalue weighted by Crippen LogP contribution is 2.30. The minimum atomic E-state index is -0.733. The molecule has 0 amide bonds. The van der Waals surface area contributed by atoms with Crippen molar-refractivity contribution in [3.05, 3.63) is 0 Å². The van der Waals surface area contributed by atoms with E-state index in [9.17, 15) is 9.59 Å². The summed E-state index contributed by atoms with van der Waals surface area (Å²) >= 11 is 0. The summed E-state index contributed by atoms with van der Waals surface area (Å²) in [5.41, 5.74) is 0. The van der Waals surface area contributed by atoms with Crippen molar-refractivity contribution in [2.75, 3.05) is 0 Å². The molecule has 1 aliphatic carbocycles. The van der Waals surface area contributed by atoms with Crippen molar-refractivity contribution in [3.63, 3.8) is 0 Å². The highest BCUT2D eigenvalue weighted by atomic mass is 16.5. The monoisotopic (exact) mass is 326 g/mol. The fraction of sp³-hybridized carbons (Fsp3) is 0.895. The third-order valence-electron chi connectivity index (χ3n) is 4.73. The Morgan fingerprint density at radius 2 is 1.52 bits per heavy atom. The Kier molecular flexibility index (Phi) is 8.64. The van der Waals surface area contributed by atoms with Crippen molar-refractivity contribution in [1.82, 2.24) is 0 Å². The summed E-state index contributed by atoms with van der Waals surface area (Å²) in [6.07, 6.45) is 6.60. The Hall–Kier alpha value is -1.06. The predicted octanol–water partition coefficient (Wildman–Crippen LogP) is 4.66. The first kappa shape index (κ1) is 20.0. The predicted molar refractivity (Wildman–Crippen MR) is 91.1 cm³/mol. The summed E-state index contributed by atoms with van der Waals surface area (Å²) in [6, 6.07) is 0. The molecule has 0 saturated heterocycles. The fourth-order valence-corrected chi connectivity index (χ4v) is 3.34. The Labute approximate surface area is 141 Å². The molecule has 0 bridgehead atoms. The van der Waals surface area contributed by atoms with Gasteiger partial charge in [0, 0.05) is 0 Å². The van der Waals surface area contributed by atoms with Gasteiger partial charge in [-0.1, -0.05) is 34.1 Å². The van der Waals surface area contributed by atoms with E-state index in [0.717, 1.165) is 25.7 Å². The quantitative estimate of drug-likeness (QED) is 0.626. The summed E-state index contributed by atoms with van der Waals surface area (Å²) in [6.45, 7) is 8.73. The second kappa shape index (κ2) is 9.94. The van der Waals surface area contributed by atoms with Gasteiger partial charge in [-0.25, -0.2) is 0 Å². The number of ether oxygens (including phenoxy) is 1. The first-order valence-corrected chi connectivity index (χ1v) is 9.22. The van der Waals surface area contributed by atoms with Crippen LogP contribution in [-0.4, -0.2) is 23.1 Å². The Balaban J connectivity index is 2.44. The lowest BCUT2D eigenvalue weighted by molar-refractivity contribution is -0.158. The van der Waals surface area contributed by atoms with Crippen LogP contribution in [0, 0.1) is 23.7 Å². The molecule has 134 valence electrons. The van der Waals surface area contributed by atoms with Gasteiger partial charge in [0.25, 0.3) is 0 Å². The minimum Gasteiger partial charge on any atom is -0.481 e. The SMILES string of the molecule is CC(C)CCCC(CC(C)C)OC(=O)C1CCC(C(=O)O)CC1. The average Bonchev–Trinajstić information content (AvgIpc) is 2.46. The Bertz CT molecular complexity index is 368. The first-order chi connectivity index (χ1) is 10.8. The zero-order valence-electron chi connectivity index (χ0n) is 15.2. The summed E-state index contributed by atoms with van der Waals surface area (Å²) in [4.78, 5) is 23.4. The third kappa shape index (κ3) is 7.85. The molecule has 1 rings (SSSR count). The standard InChI is InChI=1S/C19H34O4/c1-13(2)6-5-7-17(12-14(3)4)23-19(22)16-10-8-15(9-11-16)18(20)21/h13-17H,5-12H2,1-4H3,(H,20,21). The Morgan fingerprint density at radius 3 is 2.00 bits per heavy atom. The molecular formula is C19H34O4. The van der Waals surface area contributed by atoms with Crippen LogP contribution in [0.2, 0.25) is 0 Å². The number of hydrogen-bond acceptors (Lipinski definition) is 3. The summed E-state index contributed by atoms with van der Waals surface area (Å²) in [5, 5.41) is 9.03. The second-order valence-electron chi connectivity index (χ2n) is 7.90. The van der Waals surface area contributed by atoms with Crippen LogP contribution in [0.25, 0.3) is 0 Å². The summed E-state index contributed by atoms with van der Waals surface area (Å²) in [7, 11) is 0. The lowest BCUT2D eigenvalue weighted by Crippen LogP contribution is -2.30. The van der Waals surface area contributed by atoms with Crippen molar-refractivity contribution < 1.29 is 19.4 Å². The van der Waals surface area contributed by atoms with E-state index >= 15 is 0 Å². The maximum Gasteiger partial charge on any atom is 0.309 e. The number of carboxylic acids is 1. The van der Waals surface area contributed by atoms with Gasteiger partial charge in [-0.05, 0) is 56.8 Å². The molecular weight excluding hydrogens is 292 g/mol. The van der Waals surface area contributed by atoms with E-state index in [-0.39, 0.29) is 23.9 Å². The van der Waals surface area contributed by atoms with E-state index in [1.807, 2.05) is 0 Å². The van der Waals surface area contributed by atoms with E-state index in [1.165, 1.54) is 0 Å². The number of carboxylic acid groups (broad SMARTS) is 1. The van der Waals surface area contributed by atoms with Crippen molar-refractivity contribution in [1.29, 1.82) is 0 Å². The van der Waals surface area contributed by atoms with Gasteiger partial charge >= 0.3 is 11.9 Å². The first-order valence-electron chi connectivity index (χ1n) is 9.22. The third-order valence-corrected chi connectivity index (χ3v) is 4.73. The molecule has 4 nitrogen and oxygen atoms in total. The molecule has 1 saturated carbocycles. The number of aliphatic carboxylic acids is 1. The van der Waals surface area contributed by atoms with Crippen molar-refractivity contribution >= 4 is 11.9 Å². The van der Waals surface area contributed by atoms with Gasteiger partial charge in [-0.2, -0.15) is 0 Å². The van der Waals surface area contributed by atoms with E-state index in [1.54, 1.807) is 0 Å². The zero-order chi connectivity index (χ0) is 17.4. The molecule has 0 heterocycles. The number of esters is 1. The van der Waals surface area contributed by atoms with Crippen LogP contribution in [0.4, 0.5) is 0 Å². The maximum absolute atomic E-state index is 12.4. The van der Waals surface area contributed by atoms with Crippen LogP contribution in [0.3, 0.4) is 0 Å². The smallest absolute Gasteiger partial charge is 0.309 e. The molecule has 1 aliphatic rings. The van der Waals surface area contributed by atoms with Crippen LogP contribution >= 0.6 is 0 Å². The maximum atomic E-state index is 12.4. The number of rotatable bonds is 9. The van der Waals surface area contributed by atoms with E-state index in [2.05, 4.69) is 27.7 Å². The van der Waals surface area contributed by atoms with Crippen molar-refractivity contribution in [2.24, 2.45) is 23.7 Å². The molecule has 1 atom stereocenters. The van der Waals surface area contributed by atoms with Gasteiger partial charge in [0.1, 0.15) is 6.10 Å². The van der Waals surface area contributed by atoms with Gasteiger partial charge in [-0.3, -0.25) is 9.59 Å². The largest absolute Gasteiger partial charge is 0.481 e. The molecule has 4 heteroatoms. The number of carbonyl (C=O) groups is 2. The van der Waals surface area contributed by atoms with E-state index in [4.69, 9.17) is 9.84 Å². The zero-order valence-corrected chi connectivity index (χ0v) is 15.2. The molecule has 0 aromatic carbocycles. The molecule has 23 heavy (non-hydrogen) atoms. The van der Waals surface area contributed by atoms with Crippen LogP contribution in [0.5, 0.6) is 0 Å². The van der Waals surface area contributed by atoms with Crippen LogP contribution < -0.4 is 0 Å². The number of carbonyl (C=O) groups excluding carboxylic acids is 1. The van der Waals surface area contributed by atoms with Gasteiger partial charge in [0.2, 0.25) is 0 Å².